The third-order valence-corrected chi connectivity index (χ3v) is 4.17. The minimum atomic E-state index is -0.420. The van der Waals surface area contributed by atoms with Gasteiger partial charge in [0.15, 0.2) is 11.5 Å². The van der Waals surface area contributed by atoms with E-state index in [1.165, 1.54) is 17.8 Å². The summed E-state index contributed by atoms with van der Waals surface area (Å²) in [5.41, 5.74) is -0.000741. The Bertz CT molecular complexity index is 690. The summed E-state index contributed by atoms with van der Waals surface area (Å²) in [6, 6.07) is 10.2. The molecule has 0 atom stereocenters. The molecule has 0 fully saturated rings. The maximum atomic E-state index is 11.2. The van der Waals surface area contributed by atoms with Crippen LogP contribution in [0.15, 0.2) is 46.2 Å². The zero-order valence-electron chi connectivity index (χ0n) is 10.7. The van der Waals surface area contributed by atoms with Gasteiger partial charge in [0.2, 0.25) is 0 Å². The smallest absolute Gasteiger partial charge is 0.287 e. The van der Waals surface area contributed by atoms with Gasteiger partial charge in [-0.15, -0.1) is 0 Å². The fraction of sp³-hybridized carbons (Fsp3) is 0.143. The Hall–Kier alpha value is -1.92. The highest BCUT2D eigenvalue weighted by Crippen LogP contribution is 2.43. The van der Waals surface area contributed by atoms with Gasteiger partial charge in [0, 0.05) is 16.0 Å². The van der Waals surface area contributed by atoms with E-state index in [1.54, 1.807) is 18.2 Å². The van der Waals surface area contributed by atoms with Crippen LogP contribution in [0.4, 0.5) is 5.69 Å². The van der Waals surface area contributed by atoms with E-state index >= 15 is 0 Å². The van der Waals surface area contributed by atoms with E-state index in [1.807, 2.05) is 12.1 Å². The van der Waals surface area contributed by atoms with Gasteiger partial charge < -0.3 is 9.47 Å². The van der Waals surface area contributed by atoms with Crippen molar-refractivity contribution in [1.82, 2.24) is 0 Å². The molecule has 0 aromatic heterocycles. The van der Waals surface area contributed by atoms with Crippen LogP contribution >= 0.6 is 23.4 Å². The van der Waals surface area contributed by atoms with E-state index < -0.39 is 4.92 Å². The zero-order chi connectivity index (χ0) is 14.8. The van der Waals surface area contributed by atoms with Gasteiger partial charge in [-0.2, -0.15) is 0 Å². The highest BCUT2D eigenvalue weighted by Gasteiger charge is 2.22. The molecule has 0 unspecified atom stereocenters. The average molecular weight is 324 g/mol. The van der Waals surface area contributed by atoms with Crippen molar-refractivity contribution in [3.63, 3.8) is 0 Å². The number of fused-ring (bicyclic) bond motifs is 1. The summed E-state index contributed by atoms with van der Waals surface area (Å²) in [5, 5.41) is 11.8. The van der Waals surface area contributed by atoms with Crippen LogP contribution in [-0.4, -0.2) is 18.1 Å². The van der Waals surface area contributed by atoms with Crippen LogP contribution in [-0.2, 0) is 0 Å². The minimum absolute atomic E-state index is 0.000741. The van der Waals surface area contributed by atoms with Gasteiger partial charge in [-0.3, -0.25) is 10.1 Å². The van der Waals surface area contributed by atoms with Crippen LogP contribution in [0, 0.1) is 10.1 Å². The molecule has 108 valence electrons. The molecule has 1 heterocycles. The fourth-order valence-electron chi connectivity index (χ4n) is 1.91. The minimum Gasteiger partial charge on any atom is -0.486 e. The summed E-state index contributed by atoms with van der Waals surface area (Å²) in [4.78, 5) is 12.2. The Kier molecular flexibility index (Phi) is 3.90. The molecule has 0 N–H and O–H groups in total. The van der Waals surface area contributed by atoms with Crippen LogP contribution in [0.3, 0.4) is 0 Å². The van der Waals surface area contributed by atoms with Crippen molar-refractivity contribution in [3.8, 4) is 11.5 Å². The quantitative estimate of drug-likeness (QED) is 0.626. The zero-order valence-corrected chi connectivity index (χ0v) is 12.3. The molecule has 7 heteroatoms. The van der Waals surface area contributed by atoms with Crippen LogP contribution in [0.2, 0.25) is 5.02 Å². The predicted octanol–water partition coefficient (Wildman–Crippen LogP) is 4.17. The van der Waals surface area contributed by atoms with Crippen molar-refractivity contribution in [2.75, 3.05) is 13.2 Å². The van der Waals surface area contributed by atoms with E-state index in [0.717, 1.165) is 4.90 Å². The Balaban J connectivity index is 1.99. The van der Waals surface area contributed by atoms with E-state index in [9.17, 15) is 10.1 Å². The molecule has 0 saturated heterocycles. The molecule has 21 heavy (non-hydrogen) atoms. The number of nitro groups is 1. The lowest BCUT2D eigenvalue weighted by atomic mass is 10.2. The largest absolute Gasteiger partial charge is 0.486 e. The number of rotatable bonds is 3. The van der Waals surface area contributed by atoms with Crippen molar-refractivity contribution in [2.45, 2.75) is 9.79 Å². The van der Waals surface area contributed by atoms with Gasteiger partial charge in [0.1, 0.15) is 13.2 Å². The number of halogens is 1. The van der Waals surface area contributed by atoms with Gasteiger partial charge in [-0.05, 0) is 24.3 Å². The van der Waals surface area contributed by atoms with Gasteiger partial charge in [0.25, 0.3) is 5.69 Å². The number of hydrogen-bond donors (Lipinski definition) is 0. The average Bonchev–Trinajstić information content (AvgIpc) is 2.48. The van der Waals surface area contributed by atoms with Gasteiger partial charge in [-0.1, -0.05) is 23.4 Å². The maximum Gasteiger partial charge on any atom is 0.287 e. The van der Waals surface area contributed by atoms with Crippen molar-refractivity contribution in [1.29, 1.82) is 0 Å². The summed E-state index contributed by atoms with van der Waals surface area (Å²) in [5.74, 6) is 0.941. The summed E-state index contributed by atoms with van der Waals surface area (Å²) in [7, 11) is 0. The lowest BCUT2D eigenvalue weighted by Crippen LogP contribution is -2.15. The maximum absolute atomic E-state index is 11.2. The van der Waals surface area contributed by atoms with Crippen molar-refractivity contribution in [2.24, 2.45) is 0 Å². The summed E-state index contributed by atoms with van der Waals surface area (Å²) in [6.45, 7) is 0.837. The Labute approximate surface area is 130 Å². The van der Waals surface area contributed by atoms with Crippen LogP contribution < -0.4 is 9.47 Å². The van der Waals surface area contributed by atoms with E-state index in [-0.39, 0.29) is 5.69 Å². The number of benzene rings is 2. The van der Waals surface area contributed by atoms with Crippen LogP contribution in [0.5, 0.6) is 11.5 Å². The molecule has 1 aliphatic heterocycles. The molecular weight excluding hydrogens is 314 g/mol. The van der Waals surface area contributed by atoms with Gasteiger partial charge >= 0.3 is 0 Å². The number of hydrogen-bond acceptors (Lipinski definition) is 5. The van der Waals surface area contributed by atoms with Crippen molar-refractivity contribution < 1.29 is 14.4 Å². The first-order chi connectivity index (χ1) is 10.1. The first-order valence-electron chi connectivity index (χ1n) is 6.15. The van der Waals surface area contributed by atoms with Crippen LogP contribution in [0.1, 0.15) is 0 Å². The van der Waals surface area contributed by atoms with E-state index in [4.69, 9.17) is 21.1 Å². The van der Waals surface area contributed by atoms with Gasteiger partial charge in [-0.25, -0.2) is 0 Å². The summed E-state index contributed by atoms with van der Waals surface area (Å²) < 4.78 is 10.9. The molecule has 0 amide bonds. The number of nitrogens with zero attached hydrogens (tertiary/aromatic N) is 1. The van der Waals surface area contributed by atoms with E-state index in [0.29, 0.717) is 34.6 Å². The monoisotopic (exact) mass is 323 g/mol. The first kappa shape index (κ1) is 14.0. The highest BCUT2D eigenvalue weighted by atomic mass is 35.5. The van der Waals surface area contributed by atoms with Crippen molar-refractivity contribution in [3.05, 3.63) is 51.5 Å². The fourth-order valence-corrected chi connectivity index (χ4v) is 2.97. The number of nitro benzene ring substituents is 1. The second kappa shape index (κ2) is 5.83. The molecule has 2 aromatic carbocycles. The second-order valence-electron chi connectivity index (χ2n) is 4.28. The molecule has 0 radical (unpaired) electrons. The predicted molar refractivity (Wildman–Crippen MR) is 79.7 cm³/mol. The first-order valence-corrected chi connectivity index (χ1v) is 7.34. The molecule has 0 bridgehead atoms. The SMILES string of the molecule is O=[N+]([O-])c1cc2c(cc1Sc1ccc(Cl)cc1)OCCO2. The van der Waals surface area contributed by atoms with Gasteiger partial charge in [0.05, 0.1) is 15.9 Å². The standard InChI is InChI=1S/C14H10ClNO4S/c15-9-1-3-10(4-2-9)21-14-8-13-12(19-5-6-20-13)7-11(14)16(17)18/h1-4,7-8H,5-6H2. The Morgan fingerprint density at radius 3 is 2.33 bits per heavy atom. The lowest BCUT2D eigenvalue weighted by molar-refractivity contribution is -0.387. The molecule has 0 saturated carbocycles. The van der Waals surface area contributed by atoms with E-state index in [2.05, 4.69) is 0 Å². The molecule has 2 aromatic rings. The Morgan fingerprint density at radius 2 is 1.71 bits per heavy atom. The third-order valence-electron chi connectivity index (χ3n) is 2.86. The van der Waals surface area contributed by atoms with Crippen LogP contribution in [0.25, 0.3) is 0 Å². The summed E-state index contributed by atoms with van der Waals surface area (Å²) >= 11 is 7.13. The molecule has 3 rings (SSSR count). The molecule has 1 aliphatic rings. The molecular formula is C14H10ClNO4S. The lowest BCUT2D eigenvalue weighted by Gasteiger charge is -2.18. The molecule has 5 nitrogen and oxygen atoms in total. The second-order valence-corrected chi connectivity index (χ2v) is 5.83. The summed E-state index contributed by atoms with van der Waals surface area (Å²) in [6.07, 6.45) is 0. The molecule has 0 aliphatic carbocycles. The number of ether oxygens (including phenoxy) is 2. The topological polar surface area (TPSA) is 61.6 Å². The molecule has 0 spiro atoms. The van der Waals surface area contributed by atoms with Crippen molar-refractivity contribution >= 4 is 29.1 Å². The Morgan fingerprint density at radius 1 is 1.10 bits per heavy atom. The third kappa shape index (κ3) is 3.06. The highest BCUT2D eigenvalue weighted by molar-refractivity contribution is 7.99. The normalized spacial score (nSPS) is 13.0.